The van der Waals surface area contributed by atoms with E-state index in [4.69, 9.17) is 4.18 Å². The highest BCUT2D eigenvalue weighted by Crippen LogP contribution is 2.02. The molecule has 1 atom stereocenters. The van der Waals surface area contributed by atoms with Gasteiger partial charge in [0.1, 0.15) is 0 Å². The van der Waals surface area contributed by atoms with Crippen molar-refractivity contribution in [2.45, 2.75) is 20.0 Å². The summed E-state index contributed by atoms with van der Waals surface area (Å²) in [6.07, 6.45) is 3.83. The summed E-state index contributed by atoms with van der Waals surface area (Å²) < 4.78 is 16.4. The fourth-order valence-corrected chi connectivity index (χ4v) is 1.84. The molecular formula is C12H16O2S. The molecule has 82 valence electrons. The average Bonchev–Trinajstić information content (AvgIpc) is 2.18. The smallest absolute Gasteiger partial charge is 0.159 e. The minimum atomic E-state index is -1.21. The van der Waals surface area contributed by atoms with Crippen molar-refractivity contribution in [3.05, 3.63) is 42.0 Å². The van der Waals surface area contributed by atoms with Crippen LogP contribution in [0, 0.1) is 0 Å². The first-order valence-electron chi connectivity index (χ1n) is 4.95. The minimum Gasteiger partial charge on any atom is -0.288 e. The largest absolute Gasteiger partial charge is 0.288 e. The molecule has 0 spiro atoms. The van der Waals surface area contributed by atoms with Crippen molar-refractivity contribution in [1.82, 2.24) is 0 Å². The third kappa shape index (κ3) is 5.50. The van der Waals surface area contributed by atoms with Gasteiger partial charge in [-0.05, 0) is 19.4 Å². The molecule has 1 unspecified atom stereocenters. The maximum atomic E-state index is 11.3. The summed E-state index contributed by atoms with van der Waals surface area (Å²) in [6, 6.07) is 9.92. The van der Waals surface area contributed by atoms with Gasteiger partial charge in [0.2, 0.25) is 0 Å². The van der Waals surface area contributed by atoms with Gasteiger partial charge >= 0.3 is 0 Å². The van der Waals surface area contributed by atoms with Gasteiger partial charge in [0.05, 0.1) is 11.9 Å². The Balaban J connectivity index is 2.37. The molecule has 0 saturated heterocycles. The van der Waals surface area contributed by atoms with Gasteiger partial charge in [-0.3, -0.25) is 4.18 Å². The predicted molar refractivity (Wildman–Crippen MR) is 64.7 cm³/mol. The molecule has 0 radical (unpaired) electrons. The molecule has 1 rings (SSSR count). The second-order valence-electron chi connectivity index (χ2n) is 3.43. The Morgan fingerprint density at radius 1 is 1.33 bits per heavy atom. The molecule has 0 aliphatic heterocycles. The quantitative estimate of drug-likeness (QED) is 0.768. The fourth-order valence-electron chi connectivity index (χ4n) is 1.08. The Morgan fingerprint density at radius 3 is 2.60 bits per heavy atom. The number of benzene rings is 1. The van der Waals surface area contributed by atoms with E-state index < -0.39 is 11.1 Å². The molecule has 0 aliphatic rings. The summed E-state index contributed by atoms with van der Waals surface area (Å²) in [4.78, 5) is 0. The lowest BCUT2D eigenvalue weighted by Gasteiger charge is -2.03. The molecule has 1 aromatic rings. The molecule has 15 heavy (non-hydrogen) atoms. The Labute approximate surface area is 93.6 Å². The van der Waals surface area contributed by atoms with Gasteiger partial charge in [-0.2, -0.15) is 0 Å². The first-order chi connectivity index (χ1) is 7.18. The van der Waals surface area contributed by atoms with Crippen LogP contribution < -0.4 is 0 Å². The van der Waals surface area contributed by atoms with Gasteiger partial charge in [-0.15, -0.1) is 0 Å². The molecule has 0 aromatic heterocycles. The number of hydrogen-bond donors (Lipinski definition) is 0. The Morgan fingerprint density at radius 2 is 2.00 bits per heavy atom. The van der Waals surface area contributed by atoms with E-state index in [1.165, 1.54) is 0 Å². The van der Waals surface area contributed by atoms with Crippen LogP contribution in [0.1, 0.15) is 19.4 Å². The molecule has 1 aromatic carbocycles. The van der Waals surface area contributed by atoms with Gasteiger partial charge in [-0.1, -0.05) is 42.5 Å². The van der Waals surface area contributed by atoms with E-state index in [1.54, 1.807) is 0 Å². The third-order valence-electron chi connectivity index (χ3n) is 1.64. The molecule has 0 amide bonds. The van der Waals surface area contributed by atoms with E-state index in [0.29, 0.717) is 5.75 Å². The average molecular weight is 224 g/mol. The van der Waals surface area contributed by atoms with Crippen LogP contribution in [0.3, 0.4) is 0 Å². The lowest BCUT2D eigenvalue weighted by molar-refractivity contribution is 0.271. The lowest BCUT2D eigenvalue weighted by Crippen LogP contribution is -2.07. The molecule has 0 fully saturated rings. The van der Waals surface area contributed by atoms with Crippen molar-refractivity contribution < 1.29 is 8.39 Å². The highest BCUT2D eigenvalue weighted by atomic mass is 32.2. The Kier molecular flexibility index (Phi) is 5.29. The molecule has 0 aliphatic carbocycles. The van der Waals surface area contributed by atoms with Gasteiger partial charge in [0.15, 0.2) is 11.1 Å². The van der Waals surface area contributed by atoms with Gasteiger partial charge in [0, 0.05) is 0 Å². The third-order valence-corrected chi connectivity index (χ3v) is 2.71. The zero-order valence-electron chi connectivity index (χ0n) is 9.05. The van der Waals surface area contributed by atoms with Crippen molar-refractivity contribution >= 4 is 17.2 Å². The minimum absolute atomic E-state index is 0.0101. The van der Waals surface area contributed by atoms with Gasteiger partial charge in [0.25, 0.3) is 0 Å². The van der Waals surface area contributed by atoms with Crippen molar-refractivity contribution in [3.63, 3.8) is 0 Å². The summed E-state index contributed by atoms with van der Waals surface area (Å²) in [7, 11) is 0. The highest BCUT2D eigenvalue weighted by molar-refractivity contribution is 7.80. The second-order valence-corrected chi connectivity index (χ2v) is 4.56. The van der Waals surface area contributed by atoms with E-state index in [2.05, 4.69) is 0 Å². The zero-order valence-corrected chi connectivity index (χ0v) is 9.87. The maximum absolute atomic E-state index is 11.3. The highest BCUT2D eigenvalue weighted by Gasteiger charge is 1.99. The Bertz CT molecular complexity index is 331. The molecule has 0 heterocycles. The standard InChI is InChI=1S/C12H16O2S/c1-11(2)14-15(13)10-6-9-12-7-4-3-5-8-12/h3-9,11H,10H2,1-2H3/b9-6-. The first-order valence-corrected chi connectivity index (χ1v) is 6.20. The summed E-state index contributed by atoms with van der Waals surface area (Å²) >= 11 is -1.21. The predicted octanol–water partition coefficient (Wildman–Crippen LogP) is 2.79. The Hall–Kier alpha value is -0.930. The van der Waals surface area contributed by atoms with Crippen molar-refractivity contribution in [1.29, 1.82) is 0 Å². The molecule has 0 N–H and O–H groups in total. The van der Waals surface area contributed by atoms with E-state index in [9.17, 15) is 4.21 Å². The summed E-state index contributed by atoms with van der Waals surface area (Å²) in [5.41, 5.74) is 1.11. The molecule has 0 saturated carbocycles. The van der Waals surface area contributed by atoms with E-state index >= 15 is 0 Å². The number of rotatable bonds is 5. The monoisotopic (exact) mass is 224 g/mol. The van der Waals surface area contributed by atoms with E-state index in [-0.39, 0.29) is 6.10 Å². The van der Waals surface area contributed by atoms with Crippen LogP contribution in [-0.4, -0.2) is 16.1 Å². The van der Waals surface area contributed by atoms with Crippen LogP contribution in [0.25, 0.3) is 6.08 Å². The van der Waals surface area contributed by atoms with Crippen LogP contribution in [0.4, 0.5) is 0 Å². The van der Waals surface area contributed by atoms with Crippen molar-refractivity contribution in [2.24, 2.45) is 0 Å². The van der Waals surface area contributed by atoms with Crippen LogP contribution in [-0.2, 0) is 15.3 Å². The second kappa shape index (κ2) is 6.53. The van der Waals surface area contributed by atoms with E-state index in [0.717, 1.165) is 5.56 Å². The van der Waals surface area contributed by atoms with Crippen LogP contribution in [0.15, 0.2) is 36.4 Å². The molecule has 3 heteroatoms. The normalized spacial score (nSPS) is 13.5. The van der Waals surface area contributed by atoms with E-state index in [1.807, 2.05) is 56.3 Å². The molecule has 0 bridgehead atoms. The SMILES string of the molecule is CC(C)OS(=O)C/C=C\c1ccccc1. The van der Waals surface area contributed by atoms with Crippen LogP contribution in [0.5, 0.6) is 0 Å². The summed E-state index contributed by atoms with van der Waals surface area (Å²) in [5.74, 6) is 0.438. The van der Waals surface area contributed by atoms with Gasteiger partial charge < -0.3 is 0 Å². The molecular weight excluding hydrogens is 208 g/mol. The number of hydrogen-bond acceptors (Lipinski definition) is 2. The summed E-state index contributed by atoms with van der Waals surface area (Å²) in [6.45, 7) is 3.75. The van der Waals surface area contributed by atoms with Gasteiger partial charge in [-0.25, -0.2) is 4.21 Å². The fraction of sp³-hybridized carbons (Fsp3) is 0.333. The maximum Gasteiger partial charge on any atom is 0.159 e. The topological polar surface area (TPSA) is 26.3 Å². The zero-order chi connectivity index (χ0) is 11.1. The lowest BCUT2D eigenvalue weighted by atomic mass is 10.2. The summed E-state index contributed by atoms with van der Waals surface area (Å²) in [5, 5.41) is 0. The van der Waals surface area contributed by atoms with Crippen LogP contribution in [0.2, 0.25) is 0 Å². The molecule has 2 nitrogen and oxygen atoms in total. The van der Waals surface area contributed by atoms with Crippen molar-refractivity contribution in [2.75, 3.05) is 5.75 Å². The first kappa shape index (κ1) is 12.1. The van der Waals surface area contributed by atoms with Crippen molar-refractivity contribution in [3.8, 4) is 0 Å². The van der Waals surface area contributed by atoms with Crippen LogP contribution >= 0.6 is 0 Å².